The molecule has 8 heteroatoms. The van der Waals surface area contributed by atoms with Crippen LogP contribution in [0.2, 0.25) is 0 Å². The number of nitrogens with zero attached hydrogens (tertiary/aromatic N) is 3. The molecule has 0 saturated carbocycles. The molecule has 0 unspecified atom stereocenters. The first kappa shape index (κ1) is 21.3. The number of rotatable bonds is 8. The lowest BCUT2D eigenvalue weighted by Gasteiger charge is -2.10. The highest BCUT2D eigenvalue weighted by molar-refractivity contribution is 7.99. The van der Waals surface area contributed by atoms with Crippen LogP contribution >= 0.6 is 11.8 Å². The Morgan fingerprint density at radius 2 is 1.93 bits per heavy atom. The Balaban J connectivity index is 1.72. The van der Waals surface area contributed by atoms with Crippen molar-refractivity contribution in [2.45, 2.75) is 25.3 Å². The fourth-order valence-corrected chi connectivity index (χ4v) is 3.83. The normalized spacial score (nSPS) is 10.6. The van der Waals surface area contributed by atoms with Crippen molar-refractivity contribution >= 4 is 29.0 Å². The molecular weight excluding hydrogens is 400 g/mol. The number of carbonyl (C=O) groups excluding carboxylic acids is 1. The lowest BCUT2D eigenvalue weighted by Crippen LogP contribution is -2.13. The molecule has 0 fully saturated rings. The summed E-state index contributed by atoms with van der Waals surface area (Å²) in [6, 6.07) is 14.8. The monoisotopic (exact) mass is 422 g/mol. The minimum Gasteiger partial charge on any atom is -0.321 e. The summed E-state index contributed by atoms with van der Waals surface area (Å²) < 4.78 is 1.61. The Bertz CT molecular complexity index is 1090. The number of aromatic nitrogens is 2. The van der Waals surface area contributed by atoms with Gasteiger partial charge in [-0.1, -0.05) is 30.3 Å². The summed E-state index contributed by atoms with van der Waals surface area (Å²) in [5.41, 5.74) is 3.12. The number of carbonyl (C=O) groups is 1. The SMILES string of the molecule is C=CCSc1ccccc1NC(=O)c1ccc(Cn2nc(C)c([N+](=O)[O-])c2C)cc1. The van der Waals surface area contributed by atoms with E-state index < -0.39 is 4.92 Å². The van der Waals surface area contributed by atoms with Crippen LogP contribution in [0.3, 0.4) is 0 Å². The zero-order valence-electron chi connectivity index (χ0n) is 16.8. The number of anilines is 1. The molecule has 3 rings (SSSR count). The third-order valence-corrected chi connectivity index (χ3v) is 5.64. The van der Waals surface area contributed by atoms with Crippen molar-refractivity contribution in [1.29, 1.82) is 0 Å². The van der Waals surface area contributed by atoms with Crippen molar-refractivity contribution in [3.63, 3.8) is 0 Å². The molecule has 3 aromatic rings. The second-order valence-corrected chi connectivity index (χ2v) is 7.74. The molecule has 7 nitrogen and oxygen atoms in total. The molecule has 30 heavy (non-hydrogen) atoms. The Kier molecular flexibility index (Phi) is 6.68. The van der Waals surface area contributed by atoms with Gasteiger partial charge in [-0.25, -0.2) is 0 Å². The predicted octanol–water partition coefficient (Wildman–Crippen LogP) is 4.99. The van der Waals surface area contributed by atoms with Gasteiger partial charge in [0.05, 0.1) is 17.2 Å². The molecule has 1 heterocycles. The van der Waals surface area contributed by atoms with E-state index in [0.29, 0.717) is 23.5 Å². The van der Waals surface area contributed by atoms with Crippen LogP contribution in [0.5, 0.6) is 0 Å². The molecule has 0 bridgehead atoms. The molecule has 0 aliphatic rings. The molecule has 1 amide bonds. The number of hydrogen-bond acceptors (Lipinski definition) is 5. The number of thioether (sulfide) groups is 1. The molecule has 0 atom stereocenters. The third kappa shape index (κ3) is 4.77. The maximum atomic E-state index is 12.7. The highest BCUT2D eigenvalue weighted by Gasteiger charge is 2.21. The third-order valence-electron chi connectivity index (χ3n) is 4.57. The van der Waals surface area contributed by atoms with Gasteiger partial charge in [-0.3, -0.25) is 19.6 Å². The molecule has 0 saturated heterocycles. The van der Waals surface area contributed by atoms with Gasteiger partial charge in [0.25, 0.3) is 5.91 Å². The number of aryl methyl sites for hydroxylation is 1. The molecular formula is C22H22N4O3S. The van der Waals surface area contributed by atoms with Crippen molar-refractivity contribution in [3.8, 4) is 0 Å². The molecule has 0 aliphatic heterocycles. The summed E-state index contributed by atoms with van der Waals surface area (Å²) in [7, 11) is 0. The molecule has 1 N–H and O–H groups in total. The van der Waals surface area contributed by atoms with E-state index in [2.05, 4.69) is 17.0 Å². The van der Waals surface area contributed by atoms with Crippen molar-refractivity contribution < 1.29 is 9.72 Å². The smallest absolute Gasteiger partial charge is 0.312 e. The Morgan fingerprint density at radius 1 is 1.23 bits per heavy atom. The van der Waals surface area contributed by atoms with Gasteiger partial charge in [-0.05, 0) is 43.7 Å². The van der Waals surface area contributed by atoms with Gasteiger partial charge < -0.3 is 5.32 Å². The number of para-hydroxylation sites is 1. The lowest BCUT2D eigenvalue weighted by atomic mass is 10.1. The summed E-state index contributed by atoms with van der Waals surface area (Å²) in [6.45, 7) is 7.42. The van der Waals surface area contributed by atoms with Gasteiger partial charge in [-0.2, -0.15) is 5.10 Å². The van der Waals surface area contributed by atoms with Crippen LogP contribution in [0.15, 0.2) is 66.1 Å². The summed E-state index contributed by atoms with van der Waals surface area (Å²) in [5.74, 6) is 0.557. The molecule has 0 aliphatic carbocycles. The van der Waals surface area contributed by atoms with E-state index in [9.17, 15) is 14.9 Å². The van der Waals surface area contributed by atoms with Gasteiger partial charge in [0.2, 0.25) is 0 Å². The number of nitro groups is 1. The number of amides is 1. The predicted molar refractivity (Wildman–Crippen MR) is 119 cm³/mol. The van der Waals surface area contributed by atoms with E-state index in [4.69, 9.17) is 0 Å². The van der Waals surface area contributed by atoms with Crippen molar-refractivity contribution in [3.05, 3.63) is 93.8 Å². The van der Waals surface area contributed by atoms with E-state index in [1.807, 2.05) is 42.5 Å². The minimum atomic E-state index is -0.410. The van der Waals surface area contributed by atoms with Crippen LogP contribution in [0.25, 0.3) is 0 Å². The standard InChI is InChI=1S/C22H22N4O3S/c1-4-13-30-20-8-6-5-7-19(20)23-22(27)18-11-9-17(10-12-18)14-25-16(3)21(26(28)29)15(2)24-25/h4-12H,1,13-14H2,2-3H3,(H,23,27). The molecule has 0 spiro atoms. The fourth-order valence-electron chi connectivity index (χ4n) is 3.08. The van der Waals surface area contributed by atoms with Gasteiger partial charge in [0.15, 0.2) is 0 Å². The fraction of sp³-hybridized carbons (Fsp3) is 0.182. The molecule has 154 valence electrons. The Morgan fingerprint density at radius 3 is 2.57 bits per heavy atom. The molecule has 2 aromatic carbocycles. The topological polar surface area (TPSA) is 90.1 Å². The first-order chi connectivity index (χ1) is 14.4. The second-order valence-electron chi connectivity index (χ2n) is 6.68. The second kappa shape index (κ2) is 9.41. The van der Waals surface area contributed by atoms with E-state index in [0.717, 1.165) is 21.9 Å². The van der Waals surface area contributed by atoms with Gasteiger partial charge in [0, 0.05) is 16.2 Å². The highest BCUT2D eigenvalue weighted by atomic mass is 32.2. The van der Waals surface area contributed by atoms with E-state index in [-0.39, 0.29) is 11.6 Å². The van der Waals surface area contributed by atoms with Crippen molar-refractivity contribution in [2.24, 2.45) is 0 Å². The average molecular weight is 423 g/mol. The largest absolute Gasteiger partial charge is 0.321 e. The number of hydrogen-bond donors (Lipinski definition) is 1. The van der Waals surface area contributed by atoms with Gasteiger partial charge in [0.1, 0.15) is 11.4 Å². The Labute approximate surface area is 179 Å². The van der Waals surface area contributed by atoms with E-state index >= 15 is 0 Å². The summed E-state index contributed by atoms with van der Waals surface area (Å²) >= 11 is 1.60. The van der Waals surface area contributed by atoms with Crippen LogP contribution in [0.4, 0.5) is 11.4 Å². The van der Waals surface area contributed by atoms with Crippen LogP contribution in [0, 0.1) is 24.0 Å². The summed E-state index contributed by atoms with van der Waals surface area (Å²) in [4.78, 5) is 24.4. The highest BCUT2D eigenvalue weighted by Crippen LogP contribution is 2.27. The van der Waals surface area contributed by atoms with Crippen molar-refractivity contribution in [2.75, 3.05) is 11.1 Å². The first-order valence-electron chi connectivity index (χ1n) is 9.32. The zero-order valence-corrected chi connectivity index (χ0v) is 17.6. The van der Waals surface area contributed by atoms with Crippen molar-refractivity contribution in [1.82, 2.24) is 9.78 Å². The van der Waals surface area contributed by atoms with Crippen LogP contribution < -0.4 is 5.32 Å². The van der Waals surface area contributed by atoms with E-state index in [1.165, 1.54) is 0 Å². The van der Waals surface area contributed by atoms with E-state index in [1.54, 1.807) is 42.4 Å². The van der Waals surface area contributed by atoms with Gasteiger partial charge in [-0.15, -0.1) is 18.3 Å². The lowest BCUT2D eigenvalue weighted by molar-refractivity contribution is -0.386. The first-order valence-corrected chi connectivity index (χ1v) is 10.3. The van der Waals surface area contributed by atoms with Gasteiger partial charge >= 0.3 is 5.69 Å². The quantitative estimate of drug-likeness (QED) is 0.239. The maximum absolute atomic E-state index is 12.7. The zero-order chi connectivity index (χ0) is 21.7. The molecule has 0 radical (unpaired) electrons. The van der Waals surface area contributed by atoms with Crippen LogP contribution in [-0.4, -0.2) is 26.4 Å². The summed E-state index contributed by atoms with van der Waals surface area (Å²) in [5, 5.41) is 18.4. The van der Waals surface area contributed by atoms with Crippen LogP contribution in [0.1, 0.15) is 27.3 Å². The minimum absolute atomic E-state index is 0.0407. The average Bonchev–Trinajstić information content (AvgIpc) is 3.00. The van der Waals surface area contributed by atoms with Crippen LogP contribution in [-0.2, 0) is 6.54 Å². The summed E-state index contributed by atoms with van der Waals surface area (Å²) in [6.07, 6.45) is 1.82. The Hall–Kier alpha value is -3.39. The number of nitrogens with one attached hydrogen (secondary N) is 1. The number of benzene rings is 2. The molecule has 1 aromatic heterocycles. The maximum Gasteiger partial charge on any atom is 0.312 e.